The molecule has 3 aromatic rings. The van der Waals surface area contributed by atoms with Crippen molar-refractivity contribution < 1.29 is 4.92 Å². The molecule has 0 atom stereocenters. The molecule has 6 heteroatoms. The topological polar surface area (TPSA) is 80.1 Å². The minimum Gasteiger partial charge on any atom is -0.375 e. The van der Waals surface area contributed by atoms with E-state index in [0.717, 1.165) is 23.2 Å². The fraction of sp³-hybridized carbons (Fsp3) is 0.370. The summed E-state index contributed by atoms with van der Waals surface area (Å²) < 4.78 is 0. The molecule has 0 aliphatic heterocycles. The number of hydrogen-bond acceptors (Lipinski definition) is 5. The Morgan fingerprint density at radius 1 is 0.909 bits per heavy atom. The maximum atomic E-state index is 12.2. The number of hydrogen-bond donors (Lipinski definition) is 2. The molecular formula is C27H34N4O2. The summed E-state index contributed by atoms with van der Waals surface area (Å²) in [5.41, 5.74) is 3.06. The zero-order valence-corrected chi connectivity index (χ0v) is 20.2. The minimum absolute atomic E-state index is 0.0234. The van der Waals surface area contributed by atoms with Gasteiger partial charge in [0.15, 0.2) is 0 Å². The van der Waals surface area contributed by atoms with Gasteiger partial charge in [-0.2, -0.15) is 0 Å². The minimum atomic E-state index is -0.377. The van der Waals surface area contributed by atoms with Crippen LogP contribution < -0.4 is 10.6 Å². The van der Waals surface area contributed by atoms with Crippen LogP contribution in [0.3, 0.4) is 0 Å². The van der Waals surface area contributed by atoms with Crippen molar-refractivity contribution in [3.63, 3.8) is 0 Å². The van der Waals surface area contributed by atoms with Gasteiger partial charge in [0.05, 0.1) is 4.92 Å². The molecular weight excluding hydrogens is 412 g/mol. The molecule has 3 rings (SSSR count). The van der Waals surface area contributed by atoms with Crippen LogP contribution in [0.4, 0.5) is 17.2 Å². The second-order valence-corrected chi connectivity index (χ2v) is 10.4. The Morgan fingerprint density at radius 2 is 1.48 bits per heavy atom. The molecule has 0 aliphatic rings. The molecule has 0 unspecified atom stereocenters. The third-order valence-electron chi connectivity index (χ3n) is 5.21. The first-order valence-corrected chi connectivity index (χ1v) is 11.3. The van der Waals surface area contributed by atoms with Crippen LogP contribution in [-0.2, 0) is 13.0 Å². The maximum Gasteiger partial charge on any atom is 0.334 e. The molecule has 1 aromatic heterocycles. The number of benzene rings is 2. The van der Waals surface area contributed by atoms with Gasteiger partial charge in [0.1, 0.15) is 5.69 Å². The lowest BCUT2D eigenvalue weighted by molar-refractivity contribution is -0.383. The first-order chi connectivity index (χ1) is 15.5. The van der Waals surface area contributed by atoms with Crippen molar-refractivity contribution in [1.82, 2.24) is 4.98 Å². The summed E-state index contributed by atoms with van der Waals surface area (Å²) in [5.74, 6) is 0.304. The van der Waals surface area contributed by atoms with Gasteiger partial charge in [-0.05, 0) is 42.9 Å². The van der Waals surface area contributed by atoms with Crippen LogP contribution >= 0.6 is 0 Å². The van der Waals surface area contributed by atoms with Crippen molar-refractivity contribution in [2.75, 3.05) is 10.6 Å². The average molecular weight is 447 g/mol. The molecule has 0 spiro atoms. The van der Waals surface area contributed by atoms with Crippen molar-refractivity contribution in [2.24, 2.45) is 5.41 Å². The first-order valence-electron chi connectivity index (χ1n) is 11.3. The van der Waals surface area contributed by atoms with Gasteiger partial charge < -0.3 is 10.6 Å². The van der Waals surface area contributed by atoms with Crippen LogP contribution in [0.1, 0.15) is 57.9 Å². The van der Waals surface area contributed by atoms with E-state index >= 15 is 0 Å². The Balaban J connectivity index is 2.02. The molecule has 6 nitrogen and oxygen atoms in total. The number of nitrogens with one attached hydrogen (secondary N) is 2. The Kier molecular flexibility index (Phi) is 7.36. The van der Waals surface area contributed by atoms with E-state index < -0.39 is 0 Å². The van der Waals surface area contributed by atoms with E-state index in [-0.39, 0.29) is 21.6 Å². The number of aromatic nitrogens is 1. The van der Waals surface area contributed by atoms with Gasteiger partial charge in [-0.1, -0.05) is 81.4 Å². The number of nitrogens with zero attached hydrogens (tertiary/aromatic N) is 2. The van der Waals surface area contributed by atoms with Gasteiger partial charge in [-0.15, -0.1) is 0 Å². The van der Waals surface area contributed by atoms with E-state index in [1.54, 1.807) is 6.07 Å². The monoisotopic (exact) mass is 446 g/mol. The molecule has 0 bridgehead atoms. The highest BCUT2D eigenvalue weighted by molar-refractivity contribution is 5.74. The summed E-state index contributed by atoms with van der Waals surface area (Å²) in [6.45, 7) is 11.1. The van der Waals surface area contributed by atoms with Crippen molar-refractivity contribution in [3.05, 3.63) is 93.7 Å². The average Bonchev–Trinajstić information content (AvgIpc) is 2.71. The first kappa shape index (κ1) is 24.2. The lowest BCUT2D eigenvalue weighted by atomic mass is 9.82. The predicted molar refractivity (Wildman–Crippen MR) is 136 cm³/mol. The van der Waals surface area contributed by atoms with Crippen molar-refractivity contribution in [1.29, 1.82) is 0 Å². The fourth-order valence-electron chi connectivity index (χ4n) is 4.38. The molecule has 2 N–H and O–H groups in total. The molecule has 0 saturated carbocycles. The normalized spacial score (nSPS) is 11.8. The molecule has 33 heavy (non-hydrogen) atoms. The lowest BCUT2D eigenvalue weighted by Crippen LogP contribution is -2.36. The zero-order chi connectivity index (χ0) is 24.1. The molecule has 1 heterocycles. The Morgan fingerprint density at radius 3 is 2.03 bits per heavy atom. The molecule has 0 amide bonds. The molecule has 0 radical (unpaired) electrons. The summed E-state index contributed by atoms with van der Waals surface area (Å²) in [4.78, 5) is 16.6. The quantitative estimate of drug-likeness (QED) is 0.278. The Bertz CT molecular complexity index is 1070. The summed E-state index contributed by atoms with van der Waals surface area (Å²) in [5, 5.41) is 18.9. The highest BCUT2D eigenvalue weighted by Crippen LogP contribution is 2.37. The second kappa shape index (κ2) is 10.0. The summed E-state index contributed by atoms with van der Waals surface area (Å²) in [6.07, 6.45) is 1.42. The van der Waals surface area contributed by atoms with E-state index in [0.29, 0.717) is 24.5 Å². The van der Waals surface area contributed by atoms with Crippen molar-refractivity contribution in [2.45, 2.75) is 59.5 Å². The Hall–Kier alpha value is -3.41. The van der Waals surface area contributed by atoms with Gasteiger partial charge >= 0.3 is 5.69 Å². The number of nitro groups is 1. The van der Waals surface area contributed by atoms with Crippen LogP contribution in [-0.4, -0.2) is 15.4 Å². The molecule has 2 aromatic carbocycles. The van der Waals surface area contributed by atoms with E-state index in [4.69, 9.17) is 4.98 Å². The van der Waals surface area contributed by atoms with E-state index in [2.05, 4.69) is 45.3 Å². The lowest BCUT2D eigenvalue weighted by Gasteiger charge is -2.33. The maximum absolute atomic E-state index is 12.2. The number of anilines is 2. The molecule has 0 fully saturated rings. The van der Waals surface area contributed by atoms with E-state index in [9.17, 15) is 10.1 Å². The summed E-state index contributed by atoms with van der Waals surface area (Å²) in [6, 6.07) is 21.7. The SMILES string of the molecule is CC(C)(C)CC(C)(C)Nc1nc(Cc2ccccc2)cc(NCc2ccccc2)c1[N+](=O)[O-]. The van der Waals surface area contributed by atoms with Crippen molar-refractivity contribution in [3.8, 4) is 0 Å². The van der Waals surface area contributed by atoms with Crippen molar-refractivity contribution >= 4 is 17.2 Å². The van der Waals surface area contributed by atoms with E-state index in [1.165, 1.54) is 0 Å². The van der Waals surface area contributed by atoms with Crippen LogP contribution in [0.15, 0.2) is 66.7 Å². The van der Waals surface area contributed by atoms with Gasteiger partial charge in [-0.3, -0.25) is 10.1 Å². The highest BCUT2D eigenvalue weighted by Gasteiger charge is 2.31. The largest absolute Gasteiger partial charge is 0.375 e. The van der Waals surface area contributed by atoms with Gasteiger partial charge in [-0.25, -0.2) is 4.98 Å². The zero-order valence-electron chi connectivity index (χ0n) is 20.2. The van der Waals surface area contributed by atoms with Crippen LogP contribution in [0.5, 0.6) is 0 Å². The van der Waals surface area contributed by atoms with Crippen LogP contribution in [0.25, 0.3) is 0 Å². The number of pyridine rings is 1. The van der Waals surface area contributed by atoms with Gasteiger partial charge in [0.25, 0.3) is 0 Å². The summed E-state index contributed by atoms with van der Waals surface area (Å²) >= 11 is 0. The fourth-order valence-corrected chi connectivity index (χ4v) is 4.38. The molecule has 0 aliphatic carbocycles. The molecule has 174 valence electrons. The van der Waals surface area contributed by atoms with Gasteiger partial charge in [0.2, 0.25) is 5.82 Å². The van der Waals surface area contributed by atoms with E-state index in [1.807, 2.05) is 60.7 Å². The number of rotatable bonds is 9. The summed E-state index contributed by atoms with van der Waals surface area (Å²) in [7, 11) is 0. The third-order valence-corrected chi connectivity index (χ3v) is 5.21. The Labute approximate surface area is 196 Å². The van der Waals surface area contributed by atoms with Crippen LogP contribution in [0.2, 0.25) is 0 Å². The molecule has 0 saturated heterocycles. The second-order valence-electron chi connectivity index (χ2n) is 10.4. The highest BCUT2D eigenvalue weighted by atomic mass is 16.6. The smallest absolute Gasteiger partial charge is 0.334 e. The van der Waals surface area contributed by atoms with Crippen LogP contribution in [0, 0.1) is 15.5 Å². The van der Waals surface area contributed by atoms with Gasteiger partial charge in [0, 0.05) is 24.2 Å². The standard InChI is InChI=1S/C27H34N4O2/c1-26(2,3)19-27(4,5)30-25-24(31(32)33)23(28-18-21-14-10-7-11-15-21)17-22(29-25)16-20-12-8-6-9-13-20/h6-15,17H,16,18-19H2,1-5H3,(H2,28,29,30). The third kappa shape index (κ3) is 7.31. The predicted octanol–water partition coefficient (Wildman–Crippen LogP) is 6.82.